The van der Waals surface area contributed by atoms with Crippen LogP contribution in [0.3, 0.4) is 0 Å². The molecule has 166 valence electrons. The Kier molecular flexibility index (Phi) is 6.48. The topological polar surface area (TPSA) is 49.3 Å². The van der Waals surface area contributed by atoms with Gasteiger partial charge in [0.1, 0.15) is 0 Å². The zero-order valence-corrected chi connectivity index (χ0v) is 19.5. The monoisotopic (exact) mass is 474 g/mol. The fraction of sp³-hybridized carbons (Fsp3) is 0.192. The van der Waals surface area contributed by atoms with Crippen LogP contribution >= 0.6 is 23.1 Å². The van der Waals surface area contributed by atoms with Gasteiger partial charge in [0.25, 0.3) is 0 Å². The average Bonchev–Trinajstić information content (AvgIpc) is 3.37. The van der Waals surface area contributed by atoms with E-state index in [0.29, 0.717) is 5.56 Å². The van der Waals surface area contributed by atoms with Crippen LogP contribution in [0.15, 0.2) is 84.9 Å². The van der Waals surface area contributed by atoms with Gasteiger partial charge in [-0.15, -0.1) is 0 Å². The molecule has 0 radical (unpaired) electrons. The minimum atomic E-state index is -0.136. The van der Waals surface area contributed by atoms with Gasteiger partial charge in [-0.3, -0.25) is 9.69 Å². The predicted octanol–water partition coefficient (Wildman–Crippen LogP) is 5.33. The van der Waals surface area contributed by atoms with E-state index in [1.54, 1.807) is 12.1 Å². The minimum Gasteiger partial charge on any atom is -0.344 e. The van der Waals surface area contributed by atoms with Gasteiger partial charge in [-0.1, -0.05) is 84.4 Å². The van der Waals surface area contributed by atoms with Crippen LogP contribution in [0, 0.1) is 0 Å². The third-order valence-corrected chi connectivity index (χ3v) is 6.93. The fourth-order valence-electron chi connectivity index (χ4n) is 4.22. The first-order valence-corrected chi connectivity index (χ1v) is 12.1. The largest absolute Gasteiger partial charge is 0.344 e. The number of anilines is 1. The summed E-state index contributed by atoms with van der Waals surface area (Å²) in [7, 11) is 0. The summed E-state index contributed by atoms with van der Waals surface area (Å²) in [5.41, 5.74) is 3.10. The van der Waals surface area contributed by atoms with E-state index < -0.39 is 0 Å². The number of hydrogen-bond acceptors (Lipinski definition) is 6. The second-order valence-corrected chi connectivity index (χ2v) is 9.15. The molecule has 0 amide bonds. The molecule has 2 heterocycles. The zero-order valence-electron chi connectivity index (χ0n) is 18.0. The maximum atomic E-state index is 12.7. The molecule has 1 saturated heterocycles. The number of aromatic nitrogens is 2. The predicted molar refractivity (Wildman–Crippen MR) is 133 cm³/mol. The third-order valence-electron chi connectivity index (χ3n) is 5.91. The van der Waals surface area contributed by atoms with Crippen molar-refractivity contribution in [2.24, 2.45) is 0 Å². The lowest BCUT2D eigenvalue weighted by molar-refractivity contribution is 0.103. The molecule has 5 rings (SSSR count). The van der Waals surface area contributed by atoms with Crippen LogP contribution in [0.2, 0.25) is 5.02 Å². The lowest BCUT2D eigenvalue weighted by Gasteiger charge is -2.39. The molecule has 1 fully saturated rings. The number of nitrogens with zero attached hydrogens (tertiary/aromatic N) is 4. The van der Waals surface area contributed by atoms with Gasteiger partial charge < -0.3 is 4.90 Å². The summed E-state index contributed by atoms with van der Waals surface area (Å²) < 4.78 is 4.34. The maximum absolute atomic E-state index is 12.7. The molecule has 5 nitrogen and oxygen atoms in total. The molecule has 1 atom stereocenters. The number of rotatable bonds is 6. The van der Waals surface area contributed by atoms with Gasteiger partial charge in [-0.25, -0.2) is 0 Å². The molecule has 33 heavy (non-hydrogen) atoms. The lowest BCUT2D eigenvalue weighted by atomic mass is 9.96. The highest BCUT2D eigenvalue weighted by atomic mass is 35.5. The Morgan fingerprint density at radius 2 is 1.42 bits per heavy atom. The van der Waals surface area contributed by atoms with Crippen molar-refractivity contribution in [2.45, 2.75) is 6.04 Å². The van der Waals surface area contributed by atoms with Gasteiger partial charge in [0.2, 0.25) is 16.7 Å². The van der Waals surface area contributed by atoms with Crippen molar-refractivity contribution in [3.8, 4) is 0 Å². The number of ketones is 1. The maximum Gasteiger partial charge on any atom is 0.231 e. The first-order valence-electron chi connectivity index (χ1n) is 10.9. The molecule has 1 aliphatic rings. The molecular weight excluding hydrogens is 452 g/mol. The summed E-state index contributed by atoms with van der Waals surface area (Å²) in [6, 6.07) is 28.0. The van der Waals surface area contributed by atoms with E-state index in [4.69, 9.17) is 11.6 Å². The molecule has 0 aliphatic carbocycles. The Hall–Kier alpha value is -3.06. The fourth-order valence-corrected chi connectivity index (χ4v) is 5.06. The number of carbonyl (C=O) groups is 1. The van der Waals surface area contributed by atoms with Crippen LogP contribution in [0.5, 0.6) is 0 Å². The summed E-state index contributed by atoms with van der Waals surface area (Å²) >= 11 is 7.44. The van der Waals surface area contributed by atoms with Crippen LogP contribution in [0.1, 0.15) is 33.4 Å². The molecule has 1 aliphatic heterocycles. The highest BCUT2D eigenvalue weighted by Crippen LogP contribution is 2.31. The van der Waals surface area contributed by atoms with Gasteiger partial charge in [-0.05, 0) is 23.3 Å². The van der Waals surface area contributed by atoms with Crippen LogP contribution in [-0.2, 0) is 0 Å². The molecule has 0 bridgehead atoms. The first kappa shape index (κ1) is 21.8. The molecule has 1 aromatic heterocycles. The van der Waals surface area contributed by atoms with E-state index in [1.807, 2.05) is 36.4 Å². The van der Waals surface area contributed by atoms with Gasteiger partial charge >= 0.3 is 0 Å². The molecular formula is C26H23ClN4OS. The van der Waals surface area contributed by atoms with E-state index in [2.05, 4.69) is 55.6 Å². The Morgan fingerprint density at radius 1 is 0.818 bits per heavy atom. The van der Waals surface area contributed by atoms with Crippen LogP contribution in [0.4, 0.5) is 5.13 Å². The van der Waals surface area contributed by atoms with Crippen molar-refractivity contribution in [1.82, 2.24) is 14.3 Å². The van der Waals surface area contributed by atoms with E-state index >= 15 is 0 Å². The van der Waals surface area contributed by atoms with E-state index in [1.165, 1.54) is 22.7 Å². The number of halogens is 1. The first-order chi connectivity index (χ1) is 16.2. The minimum absolute atomic E-state index is 0.136. The smallest absolute Gasteiger partial charge is 0.231 e. The van der Waals surface area contributed by atoms with Gasteiger partial charge in [0.15, 0.2) is 0 Å². The SMILES string of the molecule is O=C(c1ccccc1)c1nsc(N2CCN(C(c3ccccc3)c3ccc(Cl)cc3)CC2)n1. The van der Waals surface area contributed by atoms with Crippen LogP contribution < -0.4 is 4.90 Å². The summed E-state index contributed by atoms with van der Waals surface area (Å²) in [5.74, 6) is 0.135. The van der Waals surface area contributed by atoms with Crippen molar-refractivity contribution in [3.63, 3.8) is 0 Å². The van der Waals surface area contributed by atoms with Crippen molar-refractivity contribution in [1.29, 1.82) is 0 Å². The molecule has 7 heteroatoms. The summed E-state index contributed by atoms with van der Waals surface area (Å²) in [4.78, 5) is 21.9. The standard InChI is InChI=1S/C26H23ClN4OS/c27-22-13-11-20(12-14-22)23(19-7-3-1-4-8-19)30-15-17-31(18-16-30)26-28-25(29-33-26)24(32)21-9-5-2-6-10-21/h1-14,23H,15-18H2. The Labute approximate surface area is 202 Å². The van der Waals surface area contributed by atoms with Crippen LogP contribution in [-0.4, -0.2) is 46.2 Å². The molecule has 4 aromatic rings. The summed E-state index contributed by atoms with van der Waals surface area (Å²) in [6.07, 6.45) is 0. The molecule has 0 saturated carbocycles. The second kappa shape index (κ2) is 9.83. The van der Waals surface area contributed by atoms with E-state index in [0.717, 1.165) is 36.3 Å². The number of piperazine rings is 1. The molecule has 0 spiro atoms. The average molecular weight is 475 g/mol. The number of hydrogen-bond donors (Lipinski definition) is 0. The molecule has 1 unspecified atom stereocenters. The molecule has 0 N–H and O–H groups in total. The Morgan fingerprint density at radius 3 is 2.09 bits per heavy atom. The van der Waals surface area contributed by atoms with Gasteiger partial charge in [0, 0.05) is 48.3 Å². The summed E-state index contributed by atoms with van der Waals surface area (Å²) in [6.45, 7) is 3.41. The normalized spacial score (nSPS) is 15.4. The highest BCUT2D eigenvalue weighted by molar-refractivity contribution is 7.09. The highest BCUT2D eigenvalue weighted by Gasteiger charge is 2.28. The Balaban J connectivity index is 1.31. The van der Waals surface area contributed by atoms with Crippen molar-refractivity contribution >= 4 is 34.0 Å². The van der Waals surface area contributed by atoms with E-state index in [9.17, 15) is 4.79 Å². The number of carbonyl (C=O) groups excluding carboxylic acids is 1. The van der Waals surface area contributed by atoms with Crippen LogP contribution in [0.25, 0.3) is 0 Å². The Bertz CT molecular complexity index is 1210. The van der Waals surface area contributed by atoms with E-state index in [-0.39, 0.29) is 17.6 Å². The number of benzene rings is 3. The van der Waals surface area contributed by atoms with Gasteiger partial charge in [0.05, 0.1) is 6.04 Å². The molecule has 3 aromatic carbocycles. The van der Waals surface area contributed by atoms with Crippen molar-refractivity contribution in [2.75, 3.05) is 31.1 Å². The van der Waals surface area contributed by atoms with Crippen molar-refractivity contribution < 1.29 is 4.79 Å². The van der Waals surface area contributed by atoms with Gasteiger partial charge in [-0.2, -0.15) is 9.36 Å². The third kappa shape index (κ3) is 4.83. The van der Waals surface area contributed by atoms with Crippen molar-refractivity contribution in [3.05, 3.63) is 112 Å². The summed E-state index contributed by atoms with van der Waals surface area (Å²) in [5, 5.41) is 1.55. The zero-order chi connectivity index (χ0) is 22.6. The quantitative estimate of drug-likeness (QED) is 0.353. The second-order valence-electron chi connectivity index (χ2n) is 7.98. The lowest BCUT2D eigenvalue weighted by Crippen LogP contribution is -2.48.